The van der Waals surface area contributed by atoms with Gasteiger partial charge in [0, 0.05) is 6.54 Å². The van der Waals surface area contributed by atoms with Crippen molar-refractivity contribution in [2.24, 2.45) is 0 Å². The van der Waals surface area contributed by atoms with Crippen LogP contribution in [-0.4, -0.2) is 45.0 Å². The summed E-state index contributed by atoms with van der Waals surface area (Å²) in [5.41, 5.74) is 1.92. The largest absolute Gasteiger partial charge is 0.496 e. The van der Waals surface area contributed by atoms with Gasteiger partial charge < -0.3 is 14.9 Å². The van der Waals surface area contributed by atoms with Crippen LogP contribution >= 0.6 is 0 Å². The highest BCUT2D eigenvalue weighted by atomic mass is 32.2. The van der Waals surface area contributed by atoms with Gasteiger partial charge in [-0.2, -0.15) is 0 Å². The maximum atomic E-state index is 12.3. The molecule has 3 N–H and O–H groups in total. The van der Waals surface area contributed by atoms with Crippen LogP contribution in [0.3, 0.4) is 0 Å². The molecule has 0 radical (unpaired) electrons. The number of ether oxygens (including phenoxy) is 1. The topological polar surface area (TPSA) is 95.9 Å². The third kappa shape index (κ3) is 3.49. The van der Waals surface area contributed by atoms with E-state index in [1.165, 1.54) is 7.11 Å². The van der Waals surface area contributed by atoms with E-state index < -0.39 is 22.7 Å². The van der Waals surface area contributed by atoms with Gasteiger partial charge in [-0.05, 0) is 43.5 Å². The summed E-state index contributed by atoms with van der Waals surface area (Å²) in [5.74, 6) is 0.634. The Morgan fingerprint density at radius 2 is 1.90 bits per heavy atom. The first kappa shape index (κ1) is 16.9. The molecule has 0 heterocycles. The molecule has 1 aromatic rings. The van der Waals surface area contributed by atoms with Gasteiger partial charge in [0.05, 0.1) is 24.7 Å². The van der Waals surface area contributed by atoms with Gasteiger partial charge in [-0.3, -0.25) is 0 Å². The van der Waals surface area contributed by atoms with Crippen molar-refractivity contribution < 1.29 is 23.4 Å². The molecule has 0 aliphatic heterocycles. The van der Waals surface area contributed by atoms with Crippen LogP contribution in [0.1, 0.15) is 16.7 Å². The second-order valence-electron chi connectivity index (χ2n) is 4.66. The monoisotopic (exact) mass is 303 g/mol. The Labute approximate surface area is 119 Å². The van der Waals surface area contributed by atoms with Gasteiger partial charge in [0.15, 0.2) is 0 Å². The molecule has 1 aromatic carbocycles. The molecule has 0 bridgehead atoms. The zero-order valence-electron chi connectivity index (χ0n) is 12.1. The molecule has 0 spiro atoms. The average Bonchev–Trinajstić information content (AvgIpc) is 2.40. The molecule has 6 nitrogen and oxygen atoms in total. The molecule has 0 unspecified atom stereocenters. The molecule has 1 rings (SSSR count). The number of sulfonamides is 1. The summed E-state index contributed by atoms with van der Waals surface area (Å²) in [6.45, 7) is 4.45. The first-order chi connectivity index (χ1) is 9.24. The Bertz CT molecular complexity index is 583. The molecule has 0 aromatic heterocycles. The maximum Gasteiger partial charge on any atom is 0.241 e. The minimum absolute atomic E-state index is 0.181. The third-order valence-corrected chi connectivity index (χ3v) is 4.90. The number of nitrogens with one attached hydrogen (secondary N) is 1. The molecule has 0 aliphatic carbocycles. The normalized spacial score (nSPS) is 13.3. The lowest BCUT2D eigenvalue weighted by Gasteiger charge is -2.17. The van der Waals surface area contributed by atoms with Gasteiger partial charge in [-0.25, -0.2) is 13.1 Å². The molecular weight excluding hydrogens is 282 g/mol. The number of hydrogen-bond acceptors (Lipinski definition) is 5. The van der Waals surface area contributed by atoms with Crippen LogP contribution in [0.5, 0.6) is 5.75 Å². The Morgan fingerprint density at radius 1 is 1.30 bits per heavy atom. The summed E-state index contributed by atoms with van der Waals surface area (Å²) in [4.78, 5) is 0.181. The van der Waals surface area contributed by atoms with Crippen molar-refractivity contribution in [3.63, 3.8) is 0 Å². The molecule has 20 heavy (non-hydrogen) atoms. The predicted molar refractivity (Wildman–Crippen MR) is 75.5 cm³/mol. The van der Waals surface area contributed by atoms with E-state index >= 15 is 0 Å². The number of methoxy groups -OCH3 is 1. The minimum Gasteiger partial charge on any atom is -0.496 e. The Morgan fingerprint density at radius 3 is 2.40 bits per heavy atom. The fraction of sp³-hybridized carbons (Fsp3) is 0.538. The fourth-order valence-corrected chi connectivity index (χ4v) is 3.58. The van der Waals surface area contributed by atoms with Crippen LogP contribution in [-0.2, 0) is 10.0 Å². The Balaban J connectivity index is 3.22. The van der Waals surface area contributed by atoms with Crippen LogP contribution in [0.15, 0.2) is 11.0 Å². The summed E-state index contributed by atoms with van der Waals surface area (Å²) in [6, 6.07) is 1.67. The SMILES string of the molecule is COc1cc(C)c(S(=O)(=O)NC[C@H](O)CO)c(C)c1C. The van der Waals surface area contributed by atoms with Gasteiger partial charge in [0.2, 0.25) is 10.0 Å². The highest BCUT2D eigenvalue weighted by Gasteiger charge is 2.23. The van der Waals surface area contributed by atoms with Gasteiger partial charge >= 0.3 is 0 Å². The average molecular weight is 303 g/mol. The molecule has 0 amide bonds. The van der Waals surface area contributed by atoms with Crippen molar-refractivity contribution in [3.8, 4) is 5.75 Å². The van der Waals surface area contributed by atoms with Crippen LogP contribution < -0.4 is 9.46 Å². The number of hydrogen-bond donors (Lipinski definition) is 3. The number of rotatable bonds is 6. The lowest BCUT2D eigenvalue weighted by atomic mass is 10.1. The molecule has 114 valence electrons. The molecular formula is C13H21NO5S. The van der Waals surface area contributed by atoms with Crippen LogP contribution in [0.4, 0.5) is 0 Å². The van der Waals surface area contributed by atoms with Crippen molar-refractivity contribution in [2.75, 3.05) is 20.3 Å². The standard InChI is InChI=1S/C13H21NO5S/c1-8-5-12(19-4)9(2)10(3)13(8)20(17,18)14-6-11(16)7-15/h5,11,14-16H,6-7H2,1-4H3/t11-/m0/s1. The van der Waals surface area contributed by atoms with E-state index in [1.807, 2.05) is 0 Å². The predicted octanol–water partition coefficient (Wildman–Crippen LogP) is 0.252. The van der Waals surface area contributed by atoms with Crippen molar-refractivity contribution in [1.29, 1.82) is 0 Å². The second kappa shape index (κ2) is 6.53. The van der Waals surface area contributed by atoms with Crippen molar-refractivity contribution in [1.82, 2.24) is 4.72 Å². The van der Waals surface area contributed by atoms with Crippen molar-refractivity contribution >= 4 is 10.0 Å². The van der Waals surface area contributed by atoms with E-state index in [0.29, 0.717) is 16.9 Å². The lowest BCUT2D eigenvalue weighted by Crippen LogP contribution is -2.34. The Kier molecular flexibility index (Phi) is 5.52. The van der Waals surface area contributed by atoms with Crippen LogP contribution in [0.25, 0.3) is 0 Å². The smallest absolute Gasteiger partial charge is 0.241 e. The second-order valence-corrected chi connectivity index (χ2v) is 6.37. The molecule has 0 saturated heterocycles. The van der Waals surface area contributed by atoms with Gasteiger partial charge in [-0.1, -0.05) is 0 Å². The van der Waals surface area contributed by atoms with Crippen LogP contribution in [0.2, 0.25) is 0 Å². The summed E-state index contributed by atoms with van der Waals surface area (Å²) in [5, 5.41) is 18.0. The first-order valence-corrected chi connectivity index (χ1v) is 7.66. The van der Waals surface area contributed by atoms with E-state index in [0.717, 1.165) is 5.56 Å². The van der Waals surface area contributed by atoms with Gasteiger partial charge in [-0.15, -0.1) is 0 Å². The Hall–Kier alpha value is -1.15. The summed E-state index contributed by atoms with van der Waals surface area (Å²) in [7, 11) is -2.22. The highest BCUT2D eigenvalue weighted by Crippen LogP contribution is 2.30. The fourth-order valence-electron chi connectivity index (χ4n) is 1.99. The van der Waals surface area contributed by atoms with E-state index in [9.17, 15) is 13.5 Å². The van der Waals surface area contributed by atoms with Gasteiger partial charge in [0.1, 0.15) is 5.75 Å². The van der Waals surface area contributed by atoms with E-state index in [2.05, 4.69) is 4.72 Å². The highest BCUT2D eigenvalue weighted by molar-refractivity contribution is 7.89. The number of aryl methyl sites for hydroxylation is 1. The zero-order chi connectivity index (χ0) is 15.5. The van der Waals surface area contributed by atoms with Gasteiger partial charge in [0.25, 0.3) is 0 Å². The molecule has 1 atom stereocenters. The summed E-state index contributed by atoms with van der Waals surface area (Å²) < 4.78 is 32.1. The van der Waals surface area contributed by atoms with Crippen LogP contribution in [0, 0.1) is 20.8 Å². The number of aliphatic hydroxyl groups excluding tert-OH is 2. The molecule has 0 fully saturated rings. The number of benzene rings is 1. The first-order valence-electron chi connectivity index (χ1n) is 6.18. The third-order valence-electron chi connectivity index (χ3n) is 3.19. The molecule has 0 saturated carbocycles. The van der Waals surface area contributed by atoms with E-state index in [1.54, 1.807) is 26.8 Å². The van der Waals surface area contributed by atoms with E-state index in [-0.39, 0.29) is 11.4 Å². The number of aliphatic hydroxyl groups is 2. The summed E-state index contributed by atoms with van der Waals surface area (Å²) in [6.07, 6.45) is -1.12. The van der Waals surface area contributed by atoms with Crippen molar-refractivity contribution in [3.05, 3.63) is 22.8 Å². The quantitative estimate of drug-likeness (QED) is 0.700. The molecule has 7 heteroatoms. The zero-order valence-corrected chi connectivity index (χ0v) is 12.9. The maximum absolute atomic E-state index is 12.3. The lowest BCUT2D eigenvalue weighted by molar-refractivity contribution is 0.0988. The molecule has 0 aliphatic rings. The summed E-state index contributed by atoms with van der Waals surface area (Å²) >= 11 is 0. The van der Waals surface area contributed by atoms with E-state index in [4.69, 9.17) is 9.84 Å². The van der Waals surface area contributed by atoms with Crippen molar-refractivity contribution in [2.45, 2.75) is 31.8 Å². The minimum atomic E-state index is -3.75.